The van der Waals surface area contributed by atoms with Crippen LogP contribution >= 0.6 is 0 Å². The van der Waals surface area contributed by atoms with Gasteiger partial charge in [0.05, 0.1) is 18.4 Å². The van der Waals surface area contributed by atoms with E-state index in [0.717, 1.165) is 41.9 Å². The van der Waals surface area contributed by atoms with E-state index in [4.69, 9.17) is 4.98 Å². The predicted molar refractivity (Wildman–Crippen MR) is 155 cm³/mol. The first kappa shape index (κ1) is 22.9. The first-order valence-corrected chi connectivity index (χ1v) is 13.5. The number of fused-ring (bicyclic) bond motifs is 6. The molecule has 4 nitrogen and oxygen atoms in total. The molecule has 4 heteroatoms. The Labute approximate surface area is 223 Å². The van der Waals surface area contributed by atoms with Gasteiger partial charge in [-0.3, -0.25) is 4.98 Å². The van der Waals surface area contributed by atoms with Crippen molar-refractivity contribution >= 4 is 21.5 Å². The van der Waals surface area contributed by atoms with E-state index in [1.165, 1.54) is 54.9 Å². The number of hydrogen-bond acceptors (Lipinski definition) is 3. The molecule has 0 radical (unpaired) electrons. The second kappa shape index (κ2) is 8.91. The van der Waals surface area contributed by atoms with E-state index >= 15 is 0 Å². The first-order valence-electron chi connectivity index (χ1n) is 13.5. The minimum Gasteiger partial charge on any atom is -0.252 e. The van der Waals surface area contributed by atoms with E-state index in [1.807, 2.05) is 4.68 Å². The van der Waals surface area contributed by atoms with Crippen LogP contribution in [0.2, 0.25) is 0 Å². The second-order valence-corrected chi connectivity index (χ2v) is 10.7. The fraction of sp³-hybridized carbons (Fsp3) is 0.206. The lowest BCUT2D eigenvalue weighted by Crippen LogP contribution is -2.06. The lowest BCUT2D eigenvalue weighted by atomic mass is 9.95. The van der Waals surface area contributed by atoms with E-state index in [2.05, 4.69) is 110 Å². The van der Waals surface area contributed by atoms with Gasteiger partial charge >= 0.3 is 0 Å². The molecule has 0 unspecified atom stereocenters. The maximum atomic E-state index is 5.16. The van der Waals surface area contributed by atoms with E-state index in [1.54, 1.807) is 0 Å². The molecule has 1 aliphatic rings. The summed E-state index contributed by atoms with van der Waals surface area (Å²) in [6, 6.07) is 26.4. The number of benzene rings is 4. The van der Waals surface area contributed by atoms with Crippen molar-refractivity contribution in [1.82, 2.24) is 20.0 Å². The maximum Gasteiger partial charge on any atom is 0.113 e. The van der Waals surface area contributed by atoms with Crippen molar-refractivity contribution in [2.75, 3.05) is 0 Å². The third-order valence-electron chi connectivity index (χ3n) is 8.18. The molecule has 0 atom stereocenters. The number of aromatic nitrogens is 4. The summed E-state index contributed by atoms with van der Waals surface area (Å²) in [6.07, 6.45) is 5.37. The van der Waals surface area contributed by atoms with Gasteiger partial charge in [-0.25, -0.2) is 4.68 Å². The van der Waals surface area contributed by atoms with E-state index < -0.39 is 0 Å². The molecule has 0 fully saturated rings. The summed E-state index contributed by atoms with van der Waals surface area (Å²) < 4.78 is 1.95. The average molecular weight is 495 g/mol. The fourth-order valence-electron chi connectivity index (χ4n) is 5.99. The minimum absolute atomic E-state index is 0.657. The molecule has 1 aliphatic carbocycles. The van der Waals surface area contributed by atoms with Crippen molar-refractivity contribution in [2.45, 2.75) is 46.6 Å². The first-order chi connectivity index (χ1) is 18.5. The van der Waals surface area contributed by atoms with Crippen molar-refractivity contribution in [3.63, 3.8) is 0 Å². The molecule has 4 aromatic carbocycles. The highest BCUT2D eigenvalue weighted by Crippen LogP contribution is 2.35. The Hall–Kier alpha value is -4.31. The minimum atomic E-state index is 0.657. The summed E-state index contributed by atoms with van der Waals surface area (Å²) in [5.74, 6) is 0. The van der Waals surface area contributed by atoms with Gasteiger partial charge < -0.3 is 0 Å². The monoisotopic (exact) mass is 494 g/mol. The Balaban J connectivity index is 1.26. The zero-order valence-electron chi connectivity index (χ0n) is 22.1. The molecule has 0 saturated heterocycles. The smallest absolute Gasteiger partial charge is 0.113 e. The molecule has 0 saturated carbocycles. The van der Waals surface area contributed by atoms with E-state index in [0.29, 0.717) is 6.54 Å². The number of aryl methyl sites for hydroxylation is 5. The van der Waals surface area contributed by atoms with Crippen molar-refractivity contribution in [1.29, 1.82) is 0 Å². The van der Waals surface area contributed by atoms with Crippen LogP contribution in [0.3, 0.4) is 0 Å². The van der Waals surface area contributed by atoms with Gasteiger partial charge in [-0.15, -0.1) is 5.10 Å². The van der Waals surface area contributed by atoms with Crippen LogP contribution in [0, 0.1) is 20.8 Å². The zero-order valence-corrected chi connectivity index (χ0v) is 22.1. The SMILES string of the molecule is Cc1cc2c(cc1C)-c1nc(C)c(Cn3cc(-c4cc5ccccc5c5ccccc45)nn3)cc1CCC2. The van der Waals surface area contributed by atoms with E-state index in [9.17, 15) is 0 Å². The predicted octanol–water partition coefficient (Wildman–Crippen LogP) is 7.78. The van der Waals surface area contributed by atoms with Gasteiger partial charge in [-0.05, 0) is 108 Å². The van der Waals surface area contributed by atoms with Gasteiger partial charge in [0.15, 0.2) is 0 Å². The molecule has 2 aromatic heterocycles. The number of rotatable bonds is 3. The summed E-state index contributed by atoms with van der Waals surface area (Å²) in [5.41, 5.74) is 12.2. The standard InChI is InChI=1S/C34H30N4/c1-21-15-24-10-8-11-26-17-27(23(3)35-34(26)31(24)16-22(21)2)19-38-20-33(36-37-38)32-18-25-9-4-5-12-28(25)29-13-6-7-14-30(29)32/h4-7,9,12-18,20H,8,10-11,19H2,1-3H3. The fourth-order valence-corrected chi connectivity index (χ4v) is 5.99. The van der Waals surface area contributed by atoms with Crippen LogP contribution in [-0.2, 0) is 19.4 Å². The van der Waals surface area contributed by atoms with Crippen LogP contribution in [0.1, 0.15) is 39.9 Å². The van der Waals surface area contributed by atoms with Crippen molar-refractivity contribution in [3.05, 3.63) is 113 Å². The van der Waals surface area contributed by atoms with Gasteiger partial charge in [0.25, 0.3) is 0 Å². The summed E-state index contributed by atoms with van der Waals surface area (Å²) >= 11 is 0. The number of pyridine rings is 1. The van der Waals surface area contributed by atoms with Crippen LogP contribution in [0.25, 0.3) is 44.1 Å². The van der Waals surface area contributed by atoms with Crippen LogP contribution in [0.15, 0.2) is 79.0 Å². The molecule has 7 rings (SSSR count). The normalized spacial score (nSPS) is 12.9. The Kier molecular flexibility index (Phi) is 5.36. The van der Waals surface area contributed by atoms with Gasteiger partial charge in [-0.1, -0.05) is 59.8 Å². The third kappa shape index (κ3) is 3.79. The number of hydrogen-bond donors (Lipinski definition) is 0. The molecular weight excluding hydrogens is 464 g/mol. The van der Waals surface area contributed by atoms with Gasteiger partial charge in [-0.2, -0.15) is 0 Å². The quantitative estimate of drug-likeness (QED) is 0.236. The molecule has 38 heavy (non-hydrogen) atoms. The maximum absolute atomic E-state index is 5.16. The summed E-state index contributed by atoms with van der Waals surface area (Å²) in [7, 11) is 0. The molecular formula is C34H30N4. The van der Waals surface area contributed by atoms with Gasteiger partial charge in [0.1, 0.15) is 5.69 Å². The highest BCUT2D eigenvalue weighted by Gasteiger charge is 2.19. The highest BCUT2D eigenvalue weighted by molar-refractivity contribution is 6.13. The molecule has 2 heterocycles. The zero-order chi connectivity index (χ0) is 25.8. The Morgan fingerprint density at radius 2 is 1.47 bits per heavy atom. The summed E-state index contributed by atoms with van der Waals surface area (Å²) in [6.45, 7) is 7.18. The largest absolute Gasteiger partial charge is 0.252 e. The summed E-state index contributed by atoms with van der Waals surface area (Å²) in [4.78, 5) is 5.16. The average Bonchev–Trinajstić information content (AvgIpc) is 3.33. The Morgan fingerprint density at radius 3 is 2.34 bits per heavy atom. The van der Waals surface area contributed by atoms with Crippen LogP contribution in [0.4, 0.5) is 0 Å². The molecule has 0 amide bonds. The summed E-state index contributed by atoms with van der Waals surface area (Å²) in [5, 5.41) is 14.1. The lowest BCUT2D eigenvalue weighted by Gasteiger charge is -2.15. The van der Waals surface area contributed by atoms with Gasteiger partial charge in [0.2, 0.25) is 0 Å². The Morgan fingerprint density at radius 1 is 0.737 bits per heavy atom. The van der Waals surface area contributed by atoms with Crippen LogP contribution in [0.5, 0.6) is 0 Å². The van der Waals surface area contributed by atoms with Crippen LogP contribution < -0.4 is 0 Å². The molecule has 0 bridgehead atoms. The van der Waals surface area contributed by atoms with E-state index in [-0.39, 0.29) is 0 Å². The number of nitrogens with zero attached hydrogens (tertiary/aromatic N) is 4. The Bertz CT molecular complexity index is 1860. The molecule has 6 aromatic rings. The molecule has 0 N–H and O–H groups in total. The van der Waals surface area contributed by atoms with Crippen molar-refractivity contribution in [3.8, 4) is 22.5 Å². The lowest BCUT2D eigenvalue weighted by molar-refractivity contribution is 0.644. The van der Waals surface area contributed by atoms with Gasteiger partial charge in [0, 0.05) is 16.8 Å². The molecule has 186 valence electrons. The van der Waals surface area contributed by atoms with Crippen LogP contribution in [-0.4, -0.2) is 20.0 Å². The van der Waals surface area contributed by atoms with Crippen molar-refractivity contribution < 1.29 is 0 Å². The molecule has 0 spiro atoms. The molecule has 0 aliphatic heterocycles. The highest BCUT2D eigenvalue weighted by atomic mass is 15.4. The third-order valence-corrected chi connectivity index (χ3v) is 8.18. The second-order valence-electron chi connectivity index (χ2n) is 10.7. The van der Waals surface area contributed by atoms with Crippen molar-refractivity contribution in [2.24, 2.45) is 0 Å². The topological polar surface area (TPSA) is 43.6 Å².